The fourth-order valence-electron chi connectivity index (χ4n) is 2.32. The van der Waals surface area contributed by atoms with E-state index in [1.165, 1.54) is 6.07 Å². The minimum absolute atomic E-state index is 0.461. The van der Waals surface area contributed by atoms with Crippen LogP contribution in [0.4, 0.5) is 14.5 Å². The van der Waals surface area contributed by atoms with Crippen LogP contribution in [-0.2, 0) is 11.8 Å². The standard InChI is InChI=1S/C17H16F2N4O2S/c1-9-11(7-8-25-9)15-21-22-17(23(15)3)26-10(2)16(24)20-14-12(18)5-4-6-13(14)19/h4-8,10H,1-3H3,(H,20,24)/t10-/m0/s1. The predicted molar refractivity (Wildman–Crippen MR) is 93.7 cm³/mol. The summed E-state index contributed by atoms with van der Waals surface area (Å²) in [6, 6.07) is 5.18. The molecule has 0 spiro atoms. The molecule has 0 unspecified atom stereocenters. The Hall–Kier alpha value is -2.68. The van der Waals surface area contributed by atoms with Crippen molar-refractivity contribution in [3.63, 3.8) is 0 Å². The Labute approximate surface area is 152 Å². The number of hydrogen-bond acceptors (Lipinski definition) is 5. The van der Waals surface area contributed by atoms with Crippen molar-refractivity contribution < 1.29 is 18.0 Å². The van der Waals surface area contributed by atoms with Crippen molar-refractivity contribution in [2.45, 2.75) is 24.3 Å². The summed E-state index contributed by atoms with van der Waals surface area (Å²) in [5.41, 5.74) is 0.343. The van der Waals surface area contributed by atoms with Gasteiger partial charge in [0.05, 0.1) is 17.1 Å². The Kier molecular flexibility index (Phi) is 5.08. The van der Waals surface area contributed by atoms with Crippen molar-refractivity contribution in [3.05, 3.63) is 47.9 Å². The van der Waals surface area contributed by atoms with E-state index in [0.717, 1.165) is 29.5 Å². The minimum atomic E-state index is -0.827. The molecule has 2 aromatic heterocycles. The van der Waals surface area contributed by atoms with Gasteiger partial charge in [-0.2, -0.15) is 0 Å². The zero-order valence-electron chi connectivity index (χ0n) is 14.3. The maximum atomic E-state index is 13.7. The van der Waals surface area contributed by atoms with Crippen LogP contribution in [0.15, 0.2) is 40.1 Å². The van der Waals surface area contributed by atoms with Crippen LogP contribution in [0, 0.1) is 18.6 Å². The minimum Gasteiger partial charge on any atom is -0.469 e. The van der Waals surface area contributed by atoms with E-state index in [9.17, 15) is 13.6 Å². The summed E-state index contributed by atoms with van der Waals surface area (Å²) in [4.78, 5) is 12.3. The van der Waals surface area contributed by atoms with Crippen LogP contribution in [0.5, 0.6) is 0 Å². The molecule has 0 aliphatic rings. The van der Waals surface area contributed by atoms with Crippen molar-refractivity contribution in [2.24, 2.45) is 7.05 Å². The van der Waals surface area contributed by atoms with E-state index in [4.69, 9.17) is 4.42 Å². The first-order valence-electron chi connectivity index (χ1n) is 7.74. The zero-order valence-corrected chi connectivity index (χ0v) is 15.1. The van der Waals surface area contributed by atoms with E-state index in [1.807, 2.05) is 6.92 Å². The molecule has 0 fully saturated rings. The number of benzene rings is 1. The molecule has 1 atom stereocenters. The highest BCUT2D eigenvalue weighted by molar-refractivity contribution is 8.00. The number of para-hydroxylation sites is 1. The summed E-state index contributed by atoms with van der Waals surface area (Å²) < 4.78 is 34.3. The monoisotopic (exact) mass is 378 g/mol. The van der Waals surface area contributed by atoms with Crippen molar-refractivity contribution >= 4 is 23.4 Å². The molecule has 1 aromatic carbocycles. The van der Waals surface area contributed by atoms with Gasteiger partial charge in [-0.25, -0.2) is 8.78 Å². The highest BCUT2D eigenvalue weighted by atomic mass is 32.2. The number of aromatic nitrogens is 3. The van der Waals surface area contributed by atoms with Gasteiger partial charge in [-0.1, -0.05) is 17.8 Å². The van der Waals surface area contributed by atoms with Gasteiger partial charge in [-0.05, 0) is 32.0 Å². The second-order valence-electron chi connectivity index (χ2n) is 5.60. The van der Waals surface area contributed by atoms with Gasteiger partial charge in [-0.15, -0.1) is 10.2 Å². The Morgan fingerprint density at radius 1 is 1.27 bits per heavy atom. The molecule has 3 rings (SSSR count). The molecular weight excluding hydrogens is 362 g/mol. The molecule has 0 saturated heterocycles. The number of rotatable bonds is 5. The quantitative estimate of drug-likeness (QED) is 0.684. The van der Waals surface area contributed by atoms with Gasteiger partial charge in [0, 0.05) is 7.05 Å². The fraction of sp³-hybridized carbons (Fsp3) is 0.235. The number of carbonyl (C=O) groups is 1. The molecule has 3 aromatic rings. The lowest BCUT2D eigenvalue weighted by Crippen LogP contribution is -2.24. The molecular formula is C17H16F2N4O2S. The van der Waals surface area contributed by atoms with Gasteiger partial charge in [0.2, 0.25) is 5.91 Å². The van der Waals surface area contributed by atoms with Gasteiger partial charge in [0.1, 0.15) is 23.1 Å². The third-order valence-corrected chi connectivity index (χ3v) is 4.93. The van der Waals surface area contributed by atoms with Crippen LogP contribution in [0.2, 0.25) is 0 Å². The summed E-state index contributed by atoms with van der Waals surface area (Å²) in [5.74, 6) is -0.883. The number of anilines is 1. The summed E-state index contributed by atoms with van der Waals surface area (Å²) >= 11 is 1.14. The Balaban J connectivity index is 1.74. The topological polar surface area (TPSA) is 72.9 Å². The van der Waals surface area contributed by atoms with Gasteiger partial charge >= 0.3 is 0 Å². The molecule has 26 heavy (non-hydrogen) atoms. The lowest BCUT2D eigenvalue weighted by atomic mass is 10.2. The Morgan fingerprint density at radius 3 is 2.58 bits per heavy atom. The Morgan fingerprint density at radius 2 is 1.96 bits per heavy atom. The number of nitrogens with zero attached hydrogens (tertiary/aromatic N) is 3. The number of amides is 1. The molecule has 0 bridgehead atoms. The average molecular weight is 378 g/mol. The molecule has 9 heteroatoms. The number of aryl methyl sites for hydroxylation is 1. The molecule has 0 saturated carbocycles. The summed E-state index contributed by atoms with van der Waals surface area (Å²) in [6.07, 6.45) is 1.56. The summed E-state index contributed by atoms with van der Waals surface area (Å²) in [7, 11) is 1.77. The number of nitrogens with one attached hydrogen (secondary N) is 1. The maximum Gasteiger partial charge on any atom is 0.237 e. The largest absolute Gasteiger partial charge is 0.469 e. The zero-order chi connectivity index (χ0) is 18.8. The third kappa shape index (κ3) is 3.48. The molecule has 0 aliphatic heterocycles. The smallest absolute Gasteiger partial charge is 0.237 e. The van der Waals surface area contributed by atoms with Crippen LogP contribution < -0.4 is 5.32 Å². The number of halogens is 2. The van der Waals surface area contributed by atoms with Crippen LogP contribution >= 0.6 is 11.8 Å². The van der Waals surface area contributed by atoms with E-state index in [1.54, 1.807) is 30.9 Å². The highest BCUT2D eigenvalue weighted by Crippen LogP contribution is 2.28. The highest BCUT2D eigenvalue weighted by Gasteiger charge is 2.22. The van der Waals surface area contributed by atoms with Crippen LogP contribution in [-0.4, -0.2) is 25.9 Å². The van der Waals surface area contributed by atoms with Crippen LogP contribution in [0.25, 0.3) is 11.4 Å². The van der Waals surface area contributed by atoms with Gasteiger partial charge in [0.15, 0.2) is 11.0 Å². The van der Waals surface area contributed by atoms with E-state index >= 15 is 0 Å². The molecule has 0 aliphatic carbocycles. The second kappa shape index (κ2) is 7.28. The second-order valence-corrected chi connectivity index (χ2v) is 6.91. The number of furan rings is 1. The molecule has 1 amide bonds. The van der Waals surface area contributed by atoms with Gasteiger partial charge in [0.25, 0.3) is 0 Å². The first-order valence-corrected chi connectivity index (χ1v) is 8.62. The summed E-state index contributed by atoms with van der Waals surface area (Å²) in [5, 5.41) is 10.3. The Bertz CT molecular complexity index is 934. The third-order valence-electron chi connectivity index (χ3n) is 3.80. The molecule has 1 N–H and O–H groups in total. The first-order chi connectivity index (χ1) is 12.4. The van der Waals surface area contributed by atoms with Gasteiger partial charge in [-0.3, -0.25) is 4.79 Å². The lowest BCUT2D eigenvalue weighted by Gasteiger charge is -2.12. The number of thioether (sulfide) groups is 1. The molecule has 2 heterocycles. The van der Waals surface area contributed by atoms with Gasteiger partial charge < -0.3 is 14.3 Å². The van der Waals surface area contributed by atoms with Crippen molar-refractivity contribution in [2.75, 3.05) is 5.32 Å². The summed E-state index contributed by atoms with van der Waals surface area (Å²) in [6.45, 7) is 3.44. The number of carbonyl (C=O) groups excluding carboxylic acids is 1. The average Bonchev–Trinajstić information content (AvgIpc) is 3.17. The van der Waals surface area contributed by atoms with Crippen LogP contribution in [0.1, 0.15) is 12.7 Å². The van der Waals surface area contributed by atoms with Crippen molar-refractivity contribution in [1.29, 1.82) is 0 Å². The maximum absolute atomic E-state index is 13.7. The van der Waals surface area contributed by atoms with Crippen molar-refractivity contribution in [3.8, 4) is 11.4 Å². The molecule has 136 valence electrons. The number of hydrogen-bond donors (Lipinski definition) is 1. The fourth-order valence-corrected chi connectivity index (χ4v) is 3.14. The van der Waals surface area contributed by atoms with E-state index < -0.39 is 28.5 Å². The van der Waals surface area contributed by atoms with Crippen molar-refractivity contribution in [1.82, 2.24) is 14.8 Å². The first kappa shape index (κ1) is 18.1. The predicted octanol–water partition coefficient (Wildman–Crippen LogP) is 3.78. The normalized spacial score (nSPS) is 12.2. The van der Waals surface area contributed by atoms with Crippen LogP contribution in [0.3, 0.4) is 0 Å². The molecule has 0 radical (unpaired) electrons. The molecule has 6 nitrogen and oxygen atoms in total. The van der Waals surface area contributed by atoms with E-state index in [2.05, 4.69) is 15.5 Å². The van der Waals surface area contributed by atoms with E-state index in [0.29, 0.717) is 16.7 Å². The van der Waals surface area contributed by atoms with E-state index in [-0.39, 0.29) is 0 Å². The SMILES string of the molecule is Cc1occc1-c1nnc(S[C@@H](C)C(=O)Nc2c(F)cccc2F)n1C. The lowest BCUT2D eigenvalue weighted by molar-refractivity contribution is -0.115.